The Hall–Kier alpha value is -3.13. The maximum Gasteiger partial charge on any atom is 0.231 e. The number of ether oxygens (including phenoxy) is 2. The number of tetrazole rings is 1. The molecule has 0 unspecified atom stereocenters. The molecule has 0 bridgehead atoms. The minimum Gasteiger partial charge on any atom is -0.454 e. The molecule has 2 aromatic carbocycles. The smallest absolute Gasteiger partial charge is 0.231 e. The minimum atomic E-state index is 0.318. The number of fused-ring (bicyclic) bond motifs is 1. The van der Waals surface area contributed by atoms with E-state index in [-0.39, 0.29) is 0 Å². The lowest BCUT2D eigenvalue weighted by Crippen LogP contribution is -2.42. The highest BCUT2D eigenvalue weighted by Crippen LogP contribution is 2.36. The third-order valence-electron chi connectivity index (χ3n) is 5.34. The third kappa shape index (κ3) is 3.50. The van der Waals surface area contributed by atoms with Crippen molar-refractivity contribution < 1.29 is 9.47 Å². The Bertz CT molecular complexity index is 938. The molecule has 1 aromatic heterocycles. The van der Waals surface area contributed by atoms with Crippen LogP contribution in [-0.4, -0.2) is 46.5 Å². The molecule has 3 aromatic rings. The average Bonchev–Trinajstić information content (AvgIpc) is 3.44. The normalized spacial score (nSPS) is 16.5. The molecule has 0 saturated carbocycles. The Morgan fingerprint density at radius 1 is 1.07 bits per heavy atom. The molecular weight excluding hydrogens is 356 g/mol. The van der Waals surface area contributed by atoms with Crippen LogP contribution in [0.2, 0.25) is 0 Å². The van der Waals surface area contributed by atoms with Gasteiger partial charge in [0.25, 0.3) is 0 Å². The molecule has 0 aliphatic carbocycles. The van der Waals surface area contributed by atoms with Gasteiger partial charge in [0.05, 0.1) is 0 Å². The first-order chi connectivity index (χ1) is 13.8. The Morgan fingerprint density at radius 2 is 1.96 bits per heavy atom. The first-order valence-corrected chi connectivity index (χ1v) is 9.56. The van der Waals surface area contributed by atoms with Crippen LogP contribution in [0.25, 0.3) is 11.4 Å². The molecule has 0 atom stereocenters. The van der Waals surface area contributed by atoms with Gasteiger partial charge in [-0.05, 0) is 41.8 Å². The first-order valence-electron chi connectivity index (χ1n) is 9.56. The van der Waals surface area contributed by atoms with E-state index in [4.69, 9.17) is 9.47 Å². The molecule has 8 nitrogen and oxygen atoms in total. The summed E-state index contributed by atoms with van der Waals surface area (Å²) in [7, 11) is 0. The van der Waals surface area contributed by atoms with Crippen LogP contribution in [-0.2, 0) is 6.54 Å². The van der Waals surface area contributed by atoms with Gasteiger partial charge in [0.2, 0.25) is 12.6 Å². The minimum absolute atomic E-state index is 0.318. The first kappa shape index (κ1) is 17.0. The highest BCUT2D eigenvalue weighted by molar-refractivity contribution is 5.57. The highest BCUT2D eigenvalue weighted by Gasteiger charge is 2.21. The third-order valence-corrected chi connectivity index (χ3v) is 5.34. The van der Waals surface area contributed by atoms with Crippen molar-refractivity contribution in [3.8, 4) is 22.9 Å². The second kappa shape index (κ2) is 7.47. The summed E-state index contributed by atoms with van der Waals surface area (Å²) in [6, 6.07) is 15.0. The fourth-order valence-corrected chi connectivity index (χ4v) is 3.79. The molecule has 144 valence electrons. The van der Waals surface area contributed by atoms with Gasteiger partial charge >= 0.3 is 0 Å². The molecule has 1 fully saturated rings. The SMILES string of the molecule is c1cc(CNC2CCN(c3ccc4c(c3)OCO4)CC2)cc(-c2nn[nH]n2)c1. The standard InChI is InChI=1S/C20H22N6O2/c1-2-14(10-15(3-1)20-22-24-25-23-20)12-21-16-6-8-26(9-7-16)17-4-5-18-19(11-17)28-13-27-18/h1-5,10-11,16,21H,6-9,12-13H2,(H,22,23,24,25). The van der Waals surface area contributed by atoms with Crippen LogP contribution in [0.4, 0.5) is 5.69 Å². The van der Waals surface area contributed by atoms with E-state index in [1.807, 2.05) is 18.2 Å². The summed E-state index contributed by atoms with van der Waals surface area (Å²) in [5, 5.41) is 17.9. The lowest BCUT2D eigenvalue weighted by Gasteiger charge is -2.34. The lowest BCUT2D eigenvalue weighted by atomic mass is 10.0. The zero-order valence-corrected chi connectivity index (χ0v) is 15.5. The van der Waals surface area contributed by atoms with E-state index in [2.05, 4.69) is 55.1 Å². The predicted molar refractivity (Wildman–Crippen MR) is 104 cm³/mol. The highest BCUT2D eigenvalue weighted by atomic mass is 16.7. The van der Waals surface area contributed by atoms with Gasteiger partial charge in [0.15, 0.2) is 11.5 Å². The van der Waals surface area contributed by atoms with Gasteiger partial charge in [-0.25, -0.2) is 0 Å². The van der Waals surface area contributed by atoms with Crippen molar-refractivity contribution >= 4 is 5.69 Å². The van der Waals surface area contributed by atoms with Crippen molar-refractivity contribution in [3.05, 3.63) is 48.0 Å². The Labute approximate surface area is 162 Å². The number of hydrogen-bond donors (Lipinski definition) is 2. The van der Waals surface area contributed by atoms with E-state index >= 15 is 0 Å². The van der Waals surface area contributed by atoms with Gasteiger partial charge in [0.1, 0.15) is 0 Å². The molecule has 2 aliphatic rings. The Morgan fingerprint density at radius 3 is 2.82 bits per heavy atom. The Balaban J connectivity index is 1.15. The topological polar surface area (TPSA) is 88.2 Å². The van der Waals surface area contributed by atoms with Crippen LogP contribution in [0.5, 0.6) is 11.5 Å². The summed E-state index contributed by atoms with van der Waals surface area (Å²) in [5.74, 6) is 2.31. The number of aromatic amines is 1. The summed E-state index contributed by atoms with van der Waals surface area (Å²) >= 11 is 0. The van der Waals surface area contributed by atoms with Crippen LogP contribution in [0.3, 0.4) is 0 Å². The van der Waals surface area contributed by atoms with E-state index in [0.717, 1.165) is 49.5 Å². The summed E-state index contributed by atoms with van der Waals surface area (Å²) in [6.45, 7) is 3.21. The molecule has 0 amide bonds. The van der Waals surface area contributed by atoms with Crippen molar-refractivity contribution in [1.29, 1.82) is 0 Å². The zero-order valence-electron chi connectivity index (χ0n) is 15.5. The zero-order chi connectivity index (χ0) is 18.8. The number of piperidine rings is 1. The Kier molecular flexibility index (Phi) is 4.54. The number of anilines is 1. The molecule has 3 heterocycles. The van der Waals surface area contributed by atoms with Gasteiger partial charge in [-0.3, -0.25) is 0 Å². The van der Waals surface area contributed by atoms with Crippen molar-refractivity contribution in [2.45, 2.75) is 25.4 Å². The number of benzene rings is 2. The van der Waals surface area contributed by atoms with Crippen LogP contribution in [0, 0.1) is 0 Å². The summed E-state index contributed by atoms with van der Waals surface area (Å²) in [5.41, 5.74) is 3.40. The maximum absolute atomic E-state index is 5.50. The van der Waals surface area contributed by atoms with E-state index in [1.54, 1.807) is 0 Å². The monoisotopic (exact) mass is 378 g/mol. The van der Waals surface area contributed by atoms with E-state index in [9.17, 15) is 0 Å². The molecular formula is C20H22N6O2. The van der Waals surface area contributed by atoms with E-state index in [0.29, 0.717) is 18.7 Å². The molecule has 28 heavy (non-hydrogen) atoms. The van der Waals surface area contributed by atoms with Crippen LogP contribution < -0.4 is 19.7 Å². The lowest BCUT2D eigenvalue weighted by molar-refractivity contribution is 0.174. The van der Waals surface area contributed by atoms with E-state index in [1.165, 1.54) is 11.3 Å². The van der Waals surface area contributed by atoms with Crippen molar-refractivity contribution in [2.24, 2.45) is 0 Å². The summed E-state index contributed by atoms with van der Waals surface area (Å²) in [6.07, 6.45) is 2.22. The van der Waals surface area contributed by atoms with E-state index < -0.39 is 0 Å². The summed E-state index contributed by atoms with van der Waals surface area (Å²) in [4.78, 5) is 2.41. The van der Waals surface area contributed by atoms with Crippen molar-refractivity contribution in [3.63, 3.8) is 0 Å². The van der Waals surface area contributed by atoms with Gasteiger partial charge in [-0.1, -0.05) is 18.2 Å². The molecule has 2 N–H and O–H groups in total. The van der Waals surface area contributed by atoms with Gasteiger partial charge in [0, 0.05) is 43.0 Å². The second-order valence-electron chi connectivity index (χ2n) is 7.12. The molecule has 8 heteroatoms. The number of aromatic nitrogens is 4. The molecule has 5 rings (SSSR count). The van der Waals surface area contributed by atoms with Crippen molar-refractivity contribution in [1.82, 2.24) is 25.9 Å². The van der Waals surface area contributed by atoms with Crippen molar-refractivity contribution in [2.75, 3.05) is 24.8 Å². The fraction of sp³-hybridized carbons (Fsp3) is 0.350. The average molecular weight is 378 g/mol. The second-order valence-corrected chi connectivity index (χ2v) is 7.12. The summed E-state index contributed by atoms with van der Waals surface area (Å²) < 4.78 is 10.9. The number of rotatable bonds is 5. The maximum atomic E-state index is 5.50. The van der Waals surface area contributed by atoms with Gasteiger partial charge in [-0.2, -0.15) is 5.21 Å². The largest absolute Gasteiger partial charge is 0.454 e. The molecule has 2 aliphatic heterocycles. The number of hydrogen-bond acceptors (Lipinski definition) is 7. The van der Waals surface area contributed by atoms with Crippen LogP contribution in [0.15, 0.2) is 42.5 Å². The quantitative estimate of drug-likeness (QED) is 0.704. The predicted octanol–water partition coefficient (Wildman–Crippen LogP) is 2.35. The number of H-pyrrole nitrogens is 1. The van der Waals surface area contributed by atoms with Gasteiger partial charge < -0.3 is 19.7 Å². The van der Waals surface area contributed by atoms with Crippen LogP contribution in [0.1, 0.15) is 18.4 Å². The number of nitrogens with zero attached hydrogens (tertiary/aromatic N) is 4. The number of nitrogens with one attached hydrogen (secondary N) is 2. The molecule has 0 spiro atoms. The molecule has 0 radical (unpaired) electrons. The van der Waals surface area contributed by atoms with Gasteiger partial charge in [-0.15, -0.1) is 10.2 Å². The molecule has 1 saturated heterocycles. The fourth-order valence-electron chi connectivity index (χ4n) is 3.79. The van der Waals surface area contributed by atoms with Crippen LogP contribution >= 0.6 is 0 Å².